The Balaban J connectivity index is 3.28. The summed E-state index contributed by atoms with van der Waals surface area (Å²) >= 11 is 2.30. The molecule has 0 fully saturated rings. The number of rotatable bonds is 11. The largest absolute Gasteiger partial charge is 0.481 e. The van der Waals surface area contributed by atoms with Gasteiger partial charge < -0.3 is 14.6 Å². The summed E-state index contributed by atoms with van der Waals surface area (Å²) in [6.07, 6.45) is 2.11. The minimum atomic E-state index is -0.820. The molecule has 0 aliphatic heterocycles. The lowest BCUT2D eigenvalue weighted by Gasteiger charge is -2.14. The van der Waals surface area contributed by atoms with Crippen molar-refractivity contribution in [3.05, 3.63) is 0 Å². The van der Waals surface area contributed by atoms with E-state index in [1.54, 1.807) is 0 Å². The molecule has 4 nitrogen and oxygen atoms in total. The Labute approximate surface area is 119 Å². The van der Waals surface area contributed by atoms with Gasteiger partial charge in [0.2, 0.25) is 0 Å². The van der Waals surface area contributed by atoms with E-state index in [0.29, 0.717) is 11.9 Å². The molecule has 0 saturated heterocycles. The van der Waals surface area contributed by atoms with E-state index < -0.39 is 5.97 Å². The molecule has 0 aromatic carbocycles. The van der Waals surface area contributed by atoms with Gasteiger partial charge >= 0.3 is 5.97 Å². The Morgan fingerprint density at radius 2 is 2.00 bits per heavy atom. The van der Waals surface area contributed by atoms with Crippen LogP contribution in [0.25, 0.3) is 0 Å². The van der Waals surface area contributed by atoms with Crippen LogP contribution in [-0.4, -0.2) is 42.3 Å². The van der Waals surface area contributed by atoms with E-state index in [9.17, 15) is 4.79 Å². The average molecular weight is 376 g/mol. The lowest BCUT2D eigenvalue weighted by atomic mass is 10.3. The van der Waals surface area contributed by atoms with Gasteiger partial charge in [0, 0.05) is 18.5 Å². The molecular weight excluding hydrogens is 355 g/mol. The van der Waals surface area contributed by atoms with Crippen molar-refractivity contribution >= 4 is 36.1 Å². The van der Waals surface area contributed by atoms with E-state index in [1.165, 1.54) is 0 Å². The Morgan fingerprint density at radius 3 is 2.59 bits per heavy atom. The molecule has 0 amide bonds. The normalized spacial score (nSPS) is 14.5. The number of carboxylic acid groups (broad SMARTS) is 1. The summed E-state index contributed by atoms with van der Waals surface area (Å²) in [4.78, 5) is 10.2. The molecule has 0 rings (SSSR count). The Morgan fingerprint density at radius 1 is 1.29 bits per heavy atom. The summed E-state index contributed by atoms with van der Waals surface area (Å²) in [5, 5.41) is 9.03. The van der Waals surface area contributed by atoms with Crippen LogP contribution < -0.4 is 0 Å². The molecule has 0 aliphatic carbocycles. The van der Waals surface area contributed by atoms with Crippen LogP contribution in [0.15, 0.2) is 0 Å². The molecule has 2 unspecified atom stereocenters. The molecule has 0 aromatic heterocycles. The second kappa shape index (κ2) is 11.6. The van der Waals surface area contributed by atoms with Gasteiger partial charge in [0.1, 0.15) is 0 Å². The van der Waals surface area contributed by atoms with Crippen LogP contribution in [-0.2, 0) is 14.3 Å². The van der Waals surface area contributed by atoms with E-state index in [1.807, 2.05) is 15.9 Å². The number of aliphatic carboxylic acids is 1. The quantitative estimate of drug-likeness (QED) is 0.444. The van der Waals surface area contributed by atoms with Gasteiger partial charge in [-0.15, -0.1) is 0 Å². The highest BCUT2D eigenvalue weighted by Crippen LogP contribution is 2.21. The molecule has 0 radical (unpaired) electrons. The molecule has 0 bridgehead atoms. The van der Waals surface area contributed by atoms with Gasteiger partial charge in [-0.05, 0) is 41.0 Å². The van der Waals surface area contributed by atoms with Crippen molar-refractivity contribution in [1.82, 2.24) is 0 Å². The average Bonchev–Trinajstić information content (AvgIpc) is 2.27. The minimum Gasteiger partial charge on any atom is -0.481 e. The zero-order chi connectivity index (χ0) is 13.1. The number of hydrogen-bond acceptors (Lipinski definition) is 4. The summed E-state index contributed by atoms with van der Waals surface area (Å²) in [6, 6.07) is 0. The summed E-state index contributed by atoms with van der Waals surface area (Å²) in [5.74, 6) is -0.820. The monoisotopic (exact) mass is 376 g/mol. The Hall–Kier alpha value is 0.470. The fourth-order valence-electron chi connectivity index (χ4n) is 1.07. The SMILES string of the molecule is CC(CCOCCC(=O)O)OCCC(C)SI. The minimum absolute atomic E-state index is 0.0691. The summed E-state index contributed by atoms with van der Waals surface area (Å²) < 4.78 is 10.8. The lowest BCUT2D eigenvalue weighted by molar-refractivity contribution is -0.138. The maximum Gasteiger partial charge on any atom is 0.305 e. The van der Waals surface area contributed by atoms with Crippen LogP contribution in [0.4, 0.5) is 0 Å². The molecule has 2 atom stereocenters. The van der Waals surface area contributed by atoms with Crippen molar-refractivity contribution in [3.8, 4) is 0 Å². The zero-order valence-corrected chi connectivity index (χ0v) is 13.3. The van der Waals surface area contributed by atoms with Crippen LogP contribution in [0.2, 0.25) is 0 Å². The van der Waals surface area contributed by atoms with Crippen LogP contribution >= 0.6 is 30.1 Å². The number of carbonyl (C=O) groups is 1. The van der Waals surface area contributed by atoms with Crippen molar-refractivity contribution in [2.24, 2.45) is 0 Å². The molecule has 1 N–H and O–H groups in total. The van der Waals surface area contributed by atoms with Crippen LogP contribution in [0, 0.1) is 0 Å². The molecule has 0 spiro atoms. The Kier molecular flexibility index (Phi) is 11.9. The fraction of sp³-hybridized carbons (Fsp3) is 0.909. The molecule has 6 heteroatoms. The van der Waals surface area contributed by atoms with Gasteiger partial charge in [-0.25, -0.2) is 0 Å². The van der Waals surface area contributed by atoms with Crippen molar-refractivity contribution in [2.75, 3.05) is 19.8 Å². The van der Waals surface area contributed by atoms with Gasteiger partial charge in [0.15, 0.2) is 0 Å². The van der Waals surface area contributed by atoms with Crippen LogP contribution in [0.3, 0.4) is 0 Å². The van der Waals surface area contributed by atoms with E-state index in [0.717, 1.165) is 19.4 Å². The molecule has 0 aliphatic rings. The first kappa shape index (κ1) is 17.5. The fourth-order valence-corrected chi connectivity index (χ4v) is 2.02. The molecule has 17 heavy (non-hydrogen) atoms. The highest BCUT2D eigenvalue weighted by atomic mass is 127. The first-order valence-corrected chi connectivity index (χ1v) is 9.17. The highest BCUT2D eigenvalue weighted by Gasteiger charge is 2.05. The van der Waals surface area contributed by atoms with Gasteiger partial charge in [0.05, 0.1) is 19.1 Å². The van der Waals surface area contributed by atoms with E-state index in [2.05, 4.69) is 28.1 Å². The predicted molar refractivity (Wildman–Crippen MR) is 78.8 cm³/mol. The molecule has 0 saturated carbocycles. The maximum absolute atomic E-state index is 10.2. The van der Waals surface area contributed by atoms with Gasteiger partial charge in [-0.3, -0.25) is 4.79 Å². The lowest BCUT2D eigenvalue weighted by Crippen LogP contribution is -2.14. The maximum atomic E-state index is 10.2. The van der Waals surface area contributed by atoms with Crippen molar-refractivity contribution in [2.45, 2.75) is 44.5 Å². The van der Waals surface area contributed by atoms with Crippen LogP contribution in [0.1, 0.15) is 33.1 Å². The van der Waals surface area contributed by atoms with E-state index >= 15 is 0 Å². The molecule has 0 aromatic rings. The second-order valence-electron chi connectivity index (χ2n) is 3.91. The van der Waals surface area contributed by atoms with E-state index in [-0.39, 0.29) is 19.1 Å². The second-order valence-corrected chi connectivity index (χ2v) is 6.42. The number of ether oxygens (including phenoxy) is 2. The van der Waals surface area contributed by atoms with Crippen molar-refractivity contribution < 1.29 is 19.4 Å². The first-order valence-electron chi connectivity index (χ1n) is 5.74. The van der Waals surface area contributed by atoms with Gasteiger partial charge in [-0.1, -0.05) is 15.9 Å². The van der Waals surface area contributed by atoms with Gasteiger partial charge in [-0.2, -0.15) is 0 Å². The Bertz CT molecular complexity index is 204. The topological polar surface area (TPSA) is 55.8 Å². The smallest absolute Gasteiger partial charge is 0.305 e. The highest BCUT2D eigenvalue weighted by molar-refractivity contribution is 14.2. The summed E-state index contributed by atoms with van der Waals surface area (Å²) in [6.45, 7) is 5.81. The molecule has 102 valence electrons. The number of halogens is 1. The van der Waals surface area contributed by atoms with E-state index in [4.69, 9.17) is 14.6 Å². The summed E-state index contributed by atoms with van der Waals surface area (Å²) in [7, 11) is 1.81. The standard InChI is InChI=1S/C11H21IO4S/c1-9(16-8-4-10(2)17-12)3-6-15-7-5-11(13)14/h9-10H,3-8H2,1-2H3,(H,13,14). The van der Waals surface area contributed by atoms with Crippen molar-refractivity contribution in [1.29, 1.82) is 0 Å². The predicted octanol–water partition coefficient (Wildman–Crippen LogP) is 3.13. The molecular formula is C11H21IO4S. The third-order valence-corrected chi connectivity index (χ3v) is 5.35. The van der Waals surface area contributed by atoms with Gasteiger partial charge in [0.25, 0.3) is 0 Å². The third-order valence-electron chi connectivity index (χ3n) is 2.21. The first-order chi connectivity index (χ1) is 8.06. The van der Waals surface area contributed by atoms with Crippen LogP contribution in [0.5, 0.6) is 0 Å². The molecule has 0 heterocycles. The number of carboxylic acids is 1. The summed E-state index contributed by atoms with van der Waals surface area (Å²) in [5.41, 5.74) is 0. The zero-order valence-electron chi connectivity index (χ0n) is 10.4. The third kappa shape index (κ3) is 12.7. The van der Waals surface area contributed by atoms with Crippen molar-refractivity contribution in [3.63, 3.8) is 0 Å². The number of hydrogen-bond donors (Lipinski definition) is 1.